The van der Waals surface area contributed by atoms with Crippen LogP contribution >= 0.6 is 12.2 Å². The van der Waals surface area contributed by atoms with Crippen LogP contribution in [0.4, 0.5) is 0 Å². The molecule has 6 heteroatoms. The number of nitrogens with zero attached hydrogens (tertiary/aromatic N) is 3. The molecule has 2 rings (SSSR count). The van der Waals surface area contributed by atoms with E-state index in [-0.39, 0.29) is 0 Å². The van der Waals surface area contributed by atoms with Gasteiger partial charge in [-0.05, 0) is 24.4 Å². The summed E-state index contributed by atoms with van der Waals surface area (Å²) < 4.78 is 1.92. The van der Waals surface area contributed by atoms with Crippen LogP contribution in [0.25, 0.3) is 5.65 Å². The molecule has 0 aliphatic heterocycles. The van der Waals surface area contributed by atoms with Crippen LogP contribution < -0.4 is 10.6 Å². The lowest BCUT2D eigenvalue weighted by molar-refractivity contribution is 0.793. The molecule has 0 radical (unpaired) electrons. The standard InChI is InChI=1S/C11H13N5S/c1-2-6-12-11(17)13-8-10-15-14-9-5-3-4-7-16(9)10/h2-5,7H,1,6,8H2,(H2,12,13,17). The van der Waals surface area contributed by atoms with Crippen molar-refractivity contribution >= 4 is 23.0 Å². The fourth-order valence-corrected chi connectivity index (χ4v) is 1.55. The third-order valence-electron chi connectivity index (χ3n) is 2.20. The molecule has 2 heterocycles. The maximum Gasteiger partial charge on any atom is 0.166 e. The number of pyridine rings is 1. The van der Waals surface area contributed by atoms with Gasteiger partial charge in [-0.3, -0.25) is 4.40 Å². The summed E-state index contributed by atoms with van der Waals surface area (Å²) in [6, 6.07) is 5.77. The molecule has 88 valence electrons. The van der Waals surface area contributed by atoms with Crippen molar-refractivity contribution in [1.82, 2.24) is 25.2 Å². The van der Waals surface area contributed by atoms with E-state index in [0.29, 0.717) is 18.2 Å². The minimum absolute atomic E-state index is 0.536. The largest absolute Gasteiger partial charge is 0.359 e. The monoisotopic (exact) mass is 247 g/mol. The van der Waals surface area contributed by atoms with Crippen LogP contribution in [0.3, 0.4) is 0 Å². The van der Waals surface area contributed by atoms with Gasteiger partial charge in [-0.15, -0.1) is 16.8 Å². The van der Waals surface area contributed by atoms with E-state index in [1.807, 2.05) is 28.8 Å². The summed E-state index contributed by atoms with van der Waals surface area (Å²) in [6.07, 6.45) is 3.67. The van der Waals surface area contributed by atoms with Crippen LogP contribution in [-0.4, -0.2) is 26.3 Å². The second-order valence-corrected chi connectivity index (χ2v) is 3.81. The van der Waals surface area contributed by atoms with Crippen molar-refractivity contribution in [2.75, 3.05) is 6.54 Å². The van der Waals surface area contributed by atoms with Crippen LogP contribution in [-0.2, 0) is 6.54 Å². The van der Waals surface area contributed by atoms with Crippen LogP contribution in [0.2, 0.25) is 0 Å². The average Bonchev–Trinajstić information content (AvgIpc) is 2.77. The fraction of sp³-hybridized carbons (Fsp3) is 0.182. The molecule has 2 aromatic heterocycles. The zero-order chi connectivity index (χ0) is 12.1. The number of thiocarbonyl (C=S) groups is 1. The van der Waals surface area contributed by atoms with Gasteiger partial charge < -0.3 is 10.6 Å². The first kappa shape index (κ1) is 11.5. The Hall–Kier alpha value is -1.95. The maximum absolute atomic E-state index is 5.09. The molecule has 0 fully saturated rings. The molecule has 17 heavy (non-hydrogen) atoms. The smallest absolute Gasteiger partial charge is 0.166 e. The topological polar surface area (TPSA) is 54.2 Å². The summed E-state index contributed by atoms with van der Waals surface area (Å²) in [7, 11) is 0. The van der Waals surface area contributed by atoms with E-state index in [4.69, 9.17) is 12.2 Å². The molecule has 0 atom stereocenters. The van der Waals surface area contributed by atoms with Gasteiger partial charge in [0.2, 0.25) is 0 Å². The van der Waals surface area contributed by atoms with Crippen LogP contribution in [0, 0.1) is 0 Å². The fourth-order valence-electron chi connectivity index (χ4n) is 1.40. The first-order valence-corrected chi connectivity index (χ1v) is 5.63. The van der Waals surface area contributed by atoms with Gasteiger partial charge in [0.1, 0.15) is 0 Å². The molecule has 0 aliphatic carbocycles. The molecule has 0 unspecified atom stereocenters. The van der Waals surface area contributed by atoms with E-state index in [2.05, 4.69) is 27.4 Å². The van der Waals surface area contributed by atoms with Gasteiger partial charge >= 0.3 is 0 Å². The zero-order valence-electron chi connectivity index (χ0n) is 9.26. The first-order chi connectivity index (χ1) is 8.31. The van der Waals surface area contributed by atoms with E-state index < -0.39 is 0 Å². The summed E-state index contributed by atoms with van der Waals surface area (Å²) >= 11 is 5.09. The molecular weight excluding hydrogens is 234 g/mol. The molecule has 0 bridgehead atoms. The summed E-state index contributed by atoms with van der Waals surface area (Å²) in [4.78, 5) is 0. The third kappa shape index (κ3) is 2.79. The lowest BCUT2D eigenvalue weighted by atomic mass is 10.4. The summed E-state index contributed by atoms with van der Waals surface area (Å²) in [5.41, 5.74) is 0.828. The summed E-state index contributed by atoms with van der Waals surface area (Å²) in [5.74, 6) is 0.823. The molecule has 5 nitrogen and oxygen atoms in total. The average molecular weight is 247 g/mol. The van der Waals surface area contributed by atoms with Gasteiger partial charge in [-0.1, -0.05) is 12.1 Å². The Morgan fingerprint density at radius 1 is 1.41 bits per heavy atom. The van der Waals surface area contributed by atoms with Gasteiger partial charge in [0.05, 0.1) is 6.54 Å². The van der Waals surface area contributed by atoms with Crippen molar-refractivity contribution in [2.24, 2.45) is 0 Å². The van der Waals surface area contributed by atoms with Gasteiger partial charge in [0, 0.05) is 12.7 Å². The molecular formula is C11H13N5S. The lowest BCUT2D eigenvalue weighted by Gasteiger charge is -2.07. The molecule has 0 spiro atoms. The Labute approximate surface area is 105 Å². The minimum atomic E-state index is 0.536. The highest BCUT2D eigenvalue weighted by atomic mass is 32.1. The van der Waals surface area contributed by atoms with E-state index in [1.165, 1.54) is 0 Å². The Kier molecular flexibility index (Phi) is 3.66. The molecule has 2 N–H and O–H groups in total. The third-order valence-corrected chi connectivity index (χ3v) is 2.49. The maximum atomic E-state index is 5.09. The van der Waals surface area contributed by atoms with Gasteiger partial charge in [-0.2, -0.15) is 0 Å². The summed E-state index contributed by atoms with van der Waals surface area (Å²) in [5, 5.41) is 14.8. The molecule has 0 saturated carbocycles. The van der Waals surface area contributed by atoms with Gasteiger partial charge in [0.25, 0.3) is 0 Å². The Bertz CT molecular complexity index is 533. The van der Waals surface area contributed by atoms with Crippen LogP contribution in [0.1, 0.15) is 5.82 Å². The van der Waals surface area contributed by atoms with E-state index >= 15 is 0 Å². The van der Waals surface area contributed by atoms with Crippen molar-refractivity contribution in [3.05, 3.63) is 42.9 Å². The highest BCUT2D eigenvalue weighted by molar-refractivity contribution is 7.80. The number of hydrogen-bond acceptors (Lipinski definition) is 3. The second-order valence-electron chi connectivity index (χ2n) is 3.40. The highest BCUT2D eigenvalue weighted by Crippen LogP contribution is 2.01. The number of aromatic nitrogens is 3. The van der Waals surface area contributed by atoms with E-state index in [9.17, 15) is 0 Å². The molecule has 0 saturated heterocycles. The molecule has 0 aromatic carbocycles. The van der Waals surface area contributed by atoms with E-state index in [1.54, 1.807) is 6.08 Å². The van der Waals surface area contributed by atoms with Crippen LogP contribution in [0.15, 0.2) is 37.1 Å². The summed E-state index contributed by atoms with van der Waals surface area (Å²) in [6.45, 7) is 4.79. The lowest BCUT2D eigenvalue weighted by Crippen LogP contribution is -2.35. The highest BCUT2D eigenvalue weighted by Gasteiger charge is 2.04. The quantitative estimate of drug-likeness (QED) is 0.620. The second kappa shape index (κ2) is 5.40. The number of hydrogen-bond donors (Lipinski definition) is 2. The van der Waals surface area contributed by atoms with Crippen molar-refractivity contribution in [3.8, 4) is 0 Å². The SMILES string of the molecule is C=CCNC(=S)NCc1nnc2ccccn12. The van der Waals surface area contributed by atoms with Gasteiger partial charge in [0.15, 0.2) is 16.6 Å². The Balaban J connectivity index is 1.99. The molecule has 0 aliphatic rings. The Morgan fingerprint density at radius 2 is 2.29 bits per heavy atom. The minimum Gasteiger partial charge on any atom is -0.359 e. The molecule has 0 amide bonds. The first-order valence-electron chi connectivity index (χ1n) is 5.22. The predicted molar refractivity (Wildman–Crippen MR) is 70.6 cm³/mol. The predicted octanol–water partition coefficient (Wildman–Crippen LogP) is 0.879. The van der Waals surface area contributed by atoms with E-state index in [0.717, 1.165) is 11.5 Å². The number of nitrogens with one attached hydrogen (secondary N) is 2. The van der Waals surface area contributed by atoms with Gasteiger partial charge in [-0.25, -0.2) is 0 Å². The Morgan fingerprint density at radius 3 is 3.12 bits per heavy atom. The van der Waals surface area contributed by atoms with Crippen molar-refractivity contribution in [3.63, 3.8) is 0 Å². The number of rotatable bonds is 4. The van der Waals surface area contributed by atoms with Crippen molar-refractivity contribution in [2.45, 2.75) is 6.54 Å². The normalized spacial score (nSPS) is 10.1. The van der Waals surface area contributed by atoms with Crippen molar-refractivity contribution in [1.29, 1.82) is 0 Å². The van der Waals surface area contributed by atoms with Crippen LogP contribution in [0.5, 0.6) is 0 Å². The zero-order valence-corrected chi connectivity index (χ0v) is 10.1. The molecule has 2 aromatic rings. The van der Waals surface area contributed by atoms with Crippen molar-refractivity contribution < 1.29 is 0 Å². The number of fused-ring (bicyclic) bond motifs is 1.